The van der Waals surface area contributed by atoms with Crippen molar-refractivity contribution in [1.82, 2.24) is 20.2 Å². The van der Waals surface area contributed by atoms with Gasteiger partial charge in [-0.05, 0) is 38.2 Å². The first-order valence-electron chi connectivity index (χ1n) is 9.72. The van der Waals surface area contributed by atoms with E-state index in [1.807, 2.05) is 4.90 Å². The fourth-order valence-corrected chi connectivity index (χ4v) is 4.51. The summed E-state index contributed by atoms with van der Waals surface area (Å²) in [5.74, 6) is 0.441. The maximum absolute atomic E-state index is 13.0. The number of rotatable bonds is 2. The number of piperidine rings is 1. The molecule has 0 bridgehead atoms. The second-order valence-corrected chi connectivity index (χ2v) is 7.83. The molecule has 3 aliphatic heterocycles. The topological polar surface area (TPSA) is 95.5 Å². The Morgan fingerprint density at radius 1 is 1.11 bits per heavy atom. The predicted molar refractivity (Wildman–Crippen MR) is 97.6 cm³/mol. The minimum atomic E-state index is -0.583. The molecule has 1 aromatic rings. The number of aromatic nitrogens is 2. The van der Waals surface area contributed by atoms with Gasteiger partial charge in [-0.15, -0.1) is 0 Å². The molecule has 0 aromatic carbocycles. The molecule has 1 spiro atoms. The number of imide groups is 1. The van der Waals surface area contributed by atoms with Gasteiger partial charge in [0, 0.05) is 50.9 Å². The summed E-state index contributed by atoms with van der Waals surface area (Å²) in [5, 5.41) is 2.50. The molecule has 1 unspecified atom stereocenters. The summed E-state index contributed by atoms with van der Waals surface area (Å²) in [6, 6.07) is 1.79. The van der Waals surface area contributed by atoms with Gasteiger partial charge in [0.2, 0.25) is 23.7 Å². The van der Waals surface area contributed by atoms with Crippen molar-refractivity contribution in [1.29, 1.82) is 0 Å². The van der Waals surface area contributed by atoms with Crippen LogP contribution in [0.25, 0.3) is 0 Å². The Balaban J connectivity index is 1.36. The fourth-order valence-electron chi connectivity index (χ4n) is 4.51. The summed E-state index contributed by atoms with van der Waals surface area (Å²) in [4.78, 5) is 49.6. The lowest BCUT2D eigenvalue weighted by atomic mass is 9.82. The van der Waals surface area contributed by atoms with Gasteiger partial charge in [-0.2, -0.15) is 0 Å². The van der Waals surface area contributed by atoms with Gasteiger partial charge in [0.05, 0.1) is 5.41 Å². The third-order valence-corrected chi connectivity index (χ3v) is 6.14. The van der Waals surface area contributed by atoms with Crippen molar-refractivity contribution < 1.29 is 14.4 Å². The second-order valence-electron chi connectivity index (χ2n) is 7.83. The lowest BCUT2D eigenvalue weighted by Crippen LogP contribution is -2.46. The molecule has 0 radical (unpaired) electrons. The standard InChI is InChI=1S/C19H25N5O3/c25-15-3-1-6-19(17(27)22-15)7-12-24(13-19)16(26)14-4-10-23(11-5-14)18-20-8-2-9-21-18/h2,8-9,14H,1,3-7,10-13H2,(H,22,25,27). The summed E-state index contributed by atoms with van der Waals surface area (Å²) < 4.78 is 0. The van der Waals surface area contributed by atoms with E-state index in [2.05, 4.69) is 20.2 Å². The van der Waals surface area contributed by atoms with E-state index in [0.717, 1.165) is 25.9 Å². The zero-order chi connectivity index (χ0) is 18.9. The molecular weight excluding hydrogens is 346 g/mol. The molecule has 8 nitrogen and oxygen atoms in total. The van der Waals surface area contributed by atoms with Crippen LogP contribution in [0, 0.1) is 11.3 Å². The highest BCUT2D eigenvalue weighted by Crippen LogP contribution is 2.38. The van der Waals surface area contributed by atoms with Gasteiger partial charge >= 0.3 is 0 Å². The molecule has 3 aliphatic rings. The first-order chi connectivity index (χ1) is 13.1. The molecule has 1 aromatic heterocycles. The normalized spacial score (nSPS) is 27.0. The smallest absolute Gasteiger partial charge is 0.234 e. The van der Waals surface area contributed by atoms with Crippen LogP contribution in [0.4, 0.5) is 5.95 Å². The SMILES string of the molecule is O=C1CCCC2(CCN(C(=O)C3CCN(c4ncccn4)CC3)C2)C(=O)N1. The first-order valence-corrected chi connectivity index (χ1v) is 9.72. The molecule has 4 heterocycles. The maximum atomic E-state index is 13.0. The third kappa shape index (κ3) is 3.52. The number of carbonyl (C=O) groups is 3. The van der Waals surface area contributed by atoms with Crippen LogP contribution in [0.15, 0.2) is 18.5 Å². The van der Waals surface area contributed by atoms with Gasteiger partial charge < -0.3 is 9.80 Å². The van der Waals surface area contributed by atoms with Gasteiger partial charge in [-0.3, -0.25) is 19.7 Å². The average molecular weight is 371 g/mol. The third-order valence-electron chi connectivity index (χ3n) is 6.14. The highest BCUT2D eigenvalue weighted by atomic mass is 16.2. The highest BCUT2D eigenvalue weighted by Gasteiger charge is 2.48. The summed E-state index contributed by atoms with van der Waals surface area (Å²) in [5.41, 5.74) is -0.583. The van der Waals surface area contributed by atoms with Crippen molar-refractivity contribution >= 4 is 23.7 Å². The van der Waals surface area contributed by atoms with Gasteiger partial charge in [0.25, 0.3) is 0 Å². The molecule has 0 saturated carbocycles. The number of carbonyl (C=O) groups excluding carboxylic acids is 3. The Hall–Kier alpha value is -2.51. The van der Waals surface area contributed by atoms with E-state index >= 15 is 0 Å². The zero-order valence-corrected chi connectivity index (χ0v) is 15.4. The minimum Gasteiger partial charge on any atom is -0.341 e. The number of anilines is 1. The van der Waals surface area contributed by atoms with Crippen molar-refractivity contribution in [3.63, 3.8) is 0 Å². The number of nitrogens with zero attached hydrogens (tertiary/aromatic N) is 4. The number of nitrogens with one attached hydrogen (secondary N) is 1. The quantitative estimate of drug-likeness (QED) is 0.771. The minimum absolute atomic E-state index is 0.0180. The molecule has 0 aliphatic carbocycles. The molecule has 144 valence electrons. The monoisotopic (exact) mass is 371 g/mol. The predicted octanol–water partition coefficient (Wildman–Crippen LogP) is 0.738. The maximum Gasteiger partial charge on any atom is 0.234 e. The summed E-state index contributed by atoms with van der Waals surface area (Å²) in [6.45, 7) is 2.55. The Bertz CT molecular complexity index is 732. The number of likely N-dealkylation sites (tertiary alicyclic amines) is 1. The molecule has 4 rings (SSSR count). The van der Waals surface area contributed by atoms with Gasteiger partial charge in [0.1, 0.15) is 0 Å². The Labute approximate surface area is 158 Å². The van der Waals surface area contributed by atoms with E-state index in [9.17, 15) is 14.4 Å². The lowest BCUT2D eigenvalue weighted by molar-refractivity contribution is -0.137. The van der Waals surface area contributed by atoms with E-state index in [1.165, 1.54) is 0 Å². The van der Waals surface area contributed by atoms with Crippen molar-refractivity contribution in [2.24, 2.45) is 11.3 Å². The molecule has 27 heavy (non-hydrogen) atoms. The van der Waals surface area contributed by atoms with Crippen LogP contribution in [0.2, 0.25) is 0 Å². The number of hydrogen-bond donors (Lipinski definition) is 1. The Morgan fingerprint density at radius 3 is 2.59 bits per heavy atom. The van der Waals surface area contributed by atoms with Crippen LogP contribution in [-0.2, 0) is 14.4 Å². The second kappa shape index (κ2) is 7.25. The molecule has 1 atom stereocenters. The summed E-state index contributed by atoms with van der Waals surface area (Å²) in [7, 11) is 0. The van der Waals surface area contributed by atoms with Crippen LogP contribution in [0.5, 0.6) is 0 Å². The van der Waals surface area contributed by atoms with Gasteiger partial charge in [0.15, 0.2) is 0 Å². The summed E-state index contributed by atoms with van der Waals surface area (Å²) >= 11 is 0. The van der Waals surface area contributed by atoms with Crippen molar-refractivity contribution in [3.05, 3.63) is 18.5 Å². The van der Waals surface area contributed by atoms with Crippen molar-refractivity contribution in [2.75, 3.05) is 31.1 Å². The largest absolute Gasteiger partial charge is 0.341 e. The van der Waals surface area contributed by atoms with Crippen LogP contribution in [0.1, 0.15) is 38.5 Å². The summed E-state index contributed by atoms with van der Waals surface area (Å²) in [6.07, 6.45) is 7.41. The number of hydrogen-bond acceptors (Lipinski definition) is 6. The fraction of sp³-hybridized carbons (Fsp3) is 0.632. The van der Waals surface area contributed by atoms with Gasteiger partial charge in [-0.1, -0.05) is 0 Å². The molecule has 1 N–H and O–H groups in total. The number of amides is 3. The van der Waals surface area contributed by atoms with Crippen molar-refractivity contribution in [3.8, 4) is 0 Å². The Kier molecular flexibility index (Phi) is 4.80. The van der Waals surface area contributed by atoms with E-state index < -0.39 is 5.41 Å². The van der Waals surface area contributed by atoms with E-state index in [1.54, 1.807) is 18.5 Å². The molecule has 3 amide bonds. The Morgan fingerprint density at radius 2 is 1.85 bits per heavy atom. The first kappa shape index (κ1) is 17.9. The van der Waals surface area contributed by atoms with E-state index in [0.29, 0.717) is 44.7 Å². The van der Waals surface area contributed by atoms with E-state index in [4.69, 9.17) is 0 Å². The molecule has 3 fully saturated rings. The molecule has 3 saturated heterocycles. The zero-order valence-electron chi connectivity index (χ0n) is 15.4. The lowest BCUT2D eigenvalue weighted by Gasteiger charge is -2.33. The average Bonchev–Trinajstić information content (AvgIpc) is 3.08. The highest BCUT2D eigenvalue weighted by molar-refractivity contribution is 5.99. The van der Waals surface area contributed by atoms with Crippen LogP contribution >= 0.6 is 0 Å². The molecule has 8 heteroatoms. The van der Waals surface area contributed by atoms with E-state index in [-0.39, 0.29) is 23.6 Å². The van der Waals surface area contributed by atoms with Crippen LogP contribution < -0.4 is 10.2 Å². The van der Waals surface area contributed by atoms with Crippen molar-refractivity contribution in [2.45, 2.75) is 38.5 Å². The molecular formula is C19H25N5O3. The van der Waals surface area contributed by atoms with Crippen LogP contribution in [0.3, 0.4) is 0 Å². The van der Waals surface area contributed by atoms with Crippen LogP contribution in [-0.4, -0.2) is 58.8 Å². The van der Waals surface area contributed by atoms with Gasteiger partial charge in [-0.25, -0.2) is 9.97 Å².